The summed E-state index contributed by atoms with van der Waals surface area (Å²) in [4.78, 5) is 11.1. The van der Waals surface area contributed by atoms with Crippen LogP contribution in [0.25, 0.3) is 0 Å². The molecule has 0 radical (unpaired) electrons. The van der Waals surface area contributed by atoms with Gasteiger partial charge in [0.2, 0.25) is 15.9 Å². The molecule has 1 saturated heterocycles. The third-order valence-corrected chi connectivity index (χ3v) is 5.09. The van der Waals surface area contributed by atoms with E-state index >= 15 is 0 Å². The van der Waals surface area contributed by atoms with Gasteiger partial charge in [0.25, 0.3) is 0 Å². The Labute approximate surface area is 134 Å². The monoisotopic (exact) mass is 343 g/mol. The van der Waals surface area contributed by atoms with E-state index in [4.69, 9.17) is 17.0 Å². The average molecular weight is 343 g/mol. The van der Waals surface area contributed by atoms with Crippen molar-refractivity contribution in [2.45, 2.75) is 11.8 Å². The van der Waals surface area contributed by atoms with Gasteiger partial charge in [0.1, 0.15) is 0 Å². The van der Waals surface area contributed by atoms with Gasteiger partial charge >= 0.3 is 0 Å². The molecule has 2 N–H and O–H groups in total. The number of nitrogens with zero attached hydrogens (tertiary/aromatic N) is 1. The van der Waals surface area contributed by atoms with E-state index < -0.39 is 10.0 Å². The van der Waals surface area contributed by atoms with E-state index in [0.717, 1.165) is 0 Å². The summed E-state index contributed by atoms with van der Waals surface area (Å²) in [5.41, 5.74) is 0.494. The zero-order valence-corrected chi connectivity index (χ0v) is 13.7. The quantitative estimate of drug-likeness (QED) is 0.779. The Hall–Kier alpha value is -1.55. The molecule has 0 atom stereocenters. The molecule has 1 aromatic rings. The average Bonchev–Trinajstić information content (AvgIpc) is 2.47. The lowest BCUT2D eigenvalue weighted by molar-refractivity contribution is -0.117. The first-order chi connectivity index (χ1) is 10.4. The predicted octanol–water partition coefficient (Wildman–Crippen LogP) is 0.540. The number of carbonyl (C=O) groups is 1. The van der Waals surface area contributed by atoms with Gasteiger partial charge in [0.15, 0.2) is 5.11 Å². The fraction of sp³-hybridized carbons (Fsp3) is 0.385. The minimum atomic E-state index is -3.56. The van der Waals surface area contributed by atoms with Crippen molar-refractivity contribution in [3.8, 4) is 0 Å². The number of benzene rings is 1. The molecule has 0 aliphatic carbocycles. The van der Waals surface area contributed by atoms with Crippen LogP contribution in [0.4, 0.5) is 5.69 Å². The van der Waals surface area contributed by atoms with Gasteiger partial charge in [-0.2, -0.15) is 4.31 Å². The van der Waals surface area contributed by atoms with Crippen LogP contribution in [0.15, 0.2) is 29.2 Å². The van der Waals surface area contributed by atoms with Gasteiger partial charge in [0.05, 0.1) is 18.1 Å². The SMILES string of the molecule is CC(=O)NC(=S)Nc1cccc(S(=O)(=O)N2CCOCC2)c1. The Morgan fingerprint density at radius 2 is 2.00 bits per heavy atom. The zero-order chi connectivity index (χ0) is 16.2. The number of amides is 1. The summed E-state index contributed by atoms with van der Waals surface area (Å²) in [5, 5.41) is 5.32. The first kappa shape index (κ1) is 16.8. The third-order valence-electron chi connectivity index (χ3n) is 2.99. The highest BCUT2D eigenvalue weighted by Crippen LogP contribution is 2.20. The summed E-state index contributed by atoms with van der Waals surface area (Å²) in [6.07, 6.45) is 0. The van der Waals surface area contributed by atoms with Crippen molar-refractivity contribution in [2.75, 3.05) is 31.6 Å². The van der Waals surface area contributed by atoms with Crippen molar-refractivity contribution in [2.24, 2.45) is 0 Å². The molecule has 0 unspecified atom stereocenters. The highest BCUT2D eigenvalue weighted by atomic mass is 32.2. The number of anilines is 1. The molecule has 0 saturated carbocycles. The number of nitrogens with one attached hydrogen (secondary N) is 2. The first-order valence-corrected chi connectivity index (χ1v) is 8.51. The van der Waals surface area contributed by atoms with Crippen LogP contribution in [0.3, 0.4) is 0 Å². The fourth-order valence-corrected chi connectivity index (χ4v) is 3.71. The minimum Gasteiger partial charge on any atom is -0.379 e. The summed E-state index contributed by atoms with van der Waals surface area (Å²) in [6, 6.07) is 6.30. The Bertz CT molecular complexity index is 670. The molecule has 0 spiro atoms. The molecule has 2 rings (SSSR count). The standard InChI is InChI=1S/C13H17N3O4S2/c1-10(17)14-13(21)15-11-3-2-4-12(9-11)22(18,19)16-5-7-20-8-6-16/h2-4,9H,5-8H2,1H3,(H2,14,15,17,21). The zero-order valence-electron chi connectivity index (χ0n) is 12.0. The van der Waals surface area contributed by atoms with Crippen molar-refractivity contribution in [1.82, 2.24) is 9.62 Å². The molecular formula is C13H17N3O4S2. The first-order valence-electron chi connectivity index (χ1n) is 6.66. The van der Waals surface area contributed by atoms with Crippen LogP contribution in [0, 0.1) is 0 Å². The number of hydrogen-bond acceptors (Lipinski definition) is 5. The molecule has 1 heterocycles. The highest BCUT2D eigenvalue weighted by molar-refractivity contribution is 7.89. The highest BCUT2D eigenvalue weighted by Gasteiger charge is 2.26. The van der Waals surface area contributed by atoms with Crippen molar-refractivity contribution >= 4 is 38.9 Å². The van der Waals surface area contributed by atoms with Crippen LogP contribution in [-0.4, -0.2) is 50.0 Å². The molecule has 1 aliphatic heterocycles. The maximum absolute atomic E-state index is 12.5. The Balaban J connectivity index is 2.16. The van der Waals surface area contributed by atoms with E-state index in [2.05, 4.69) is 10.6 Å². The van der Waals surface area contributed by atoms with E-state index in [1.54, 1.807) is 12.1 Å². The van der Waals surface area contributed by atoms with E-state index in [9.17, 15) is 13.2 Å². The van der Waals surface area contributed by atoms with Crippen LogP contribution >= 0.6 is 12.2 Å². The van der Waals surface area contributed by atoms with E-state index in [1.807, 2.05) is 0 Å². The second kappa shape index (κ2) is 7.14. The van der Waals surface area contributed by atoms with Crippen LogP contribution in [0.2, 0.25) is 0 Å². The second-order valence-corrected chi connectivity index (χ2v) is 7.03. The second-order valence-electron chi connectivity index (χ2n) is 4.68. The Morgan fingerprint density at radius 1 is 1.32 bits per heavy atom. The molecule has 1 aromatic carbocycles. The predicted molar refractivity (Wildman–Crippen MR) is 86.1 cm³/mol. The molecule has 9 heteroatoms. The Morgan fingerprint density at radius 3 is 2.64 bits per heavy atom. The molecule has 7 nitrogen and oxygen atoms in total. The molecule has 120 valence electrons. The number of thiocarbonyl (C=S) groups is 1. The number of carbonyl (C=O) groups excluding carboxylic acids is 1. The molecule has 0 aromatic heterocycles. The fourth-order valence-electron chi connectivity index (χ4n) is 1.99. The normalized spacial score (nSPS) is 16.0. The number of rotatable bonds is 3. The van der Waals surface area contributed by atoms with E-state index in [0.29, 0.717) is 32.0 Å². The summed E-state index contributed by atoms with van der Waals surface area (Å²) in [7, 11) is -3.56. The lowest BCUT2D eigenvalue weighted by Gasteiger charge is -2.26. The molecule has 22 heavy (non-hydrogen) atoms. The number of sulfonamides is 1. The van der Waals surface area contributed by atoms with Gasteiger partial charge in [-0.25, -0.2) is 8.42 Å². The summed E-state index contributed by atoms with van der Waals surface area (Å²) >= 11 is 4.95. The summed E-state index contributed by atoms with van der Waals surface area (Å²) in [6.45, 7) is 2.80. The topological polar surface area (TPSA) is 87.7 Å². The van der Waals surface area contributed by atoms with Gasteiger partial charge in [-0.15, -0.1) is 0 Å². The van der Waals surface area contributed by atoms with Gasteiger partial charge in [-0.3, -0.25) is 4.79 Å². The van der Waals surface area contributed by atoms with Crippen molar-refractivity contribution in [3.63, 3.8) is 0 Å². The van der Waals surface area contributed by atoms with Gasteiger partial charge in [-0.1, -0.05) is 6.07 Å². The van der Waals surface area contributed by atoms with Crippen molar-refractivity contribution in [3.05, 3.63) is 24.3 Å². The van der Waals surface area contributed by atoms with Crippen LogP contribution in [-0.2, 0) is 19.6 Å². The van der Waals surface area contributed by atoms with Gasteiger partial charge < -0.3 is 15.4 Å². The summed E-state index contributed by atoms with van der Waals surface area (Å²) in [5.74, 6) is -0.297. The maximum Gasteiger partial charge on any atom is 0.243 e. The molecule has 1 amide bonds. The van der Waals surface area contributed by atoms with Crippen LogP contribution < -0.4 is 10.6 Å². The molecule has 0 bridgehead atoms. The largest absolute Gasteiger partial charge is 0.379 e. The van der Waals surface area contributed by atoms with Crippen LogP contribution in [0.1, 0.15) is 6.92 Å². The minimum absolute atomic E-state index is 0.119. The molecule has 1 fully saturated rings. The molecule has 1 aliphatic rings. The number of hydrogen-bond donors (Lipinski definition) is 2. The number of morpholine rings is 1. The van der Waals surface area contributed by atoms with Crippen molar-refractivity contribution in [1.29, 1.82) is 0 Å². The van der Waals surface area contributed by atoms with Gasteiger partial charge in [-0.05, 0) is 30.4 Å². The lowest BCUT2D eigenvalue weighted by atomic mass is 10.3. The van der Waals surface area contributed by atoms with E-state index in [1.165, 1.54) is 23.4 Å². The van der Waals surface area contributed by atoms with Gasteiger partial charge in [0, 0.05) is 25.7 Å². The number of ether oxygens (including phenoxy) is 1. The molecular weight excluding hydrogens is 326 g/mol. The van der Waals surface area contributed by atoms with Crippen molar-refractivity contribution < 1.29 is 17.9 Å². The van der Waals surface area contributed by atoms with E-state index in [-0.39, 0.29) is 15.9 Å². The third kappa shape index (κ3) is 4.23. The summed E-state index contributed by atoms with van der Waals surface area (Å²) < 4.78 is 31.6. The smallest absolute Gasteiger partial charge is 0.243 e. The van der Waals surface area contributed by atoms with Crippen LogP contribution in [0.5, 0.6) is 0 Å². The maximum atomic E-state index is 12.5. The Kier molecular flexibility index (Phi) is 5.46. The lowest BCUT2D eigenvalue weighted by Crippen LogP contribution is -2.40.